The molecule has 1 rings (SSSR count). The molecule has 1 unspecified atom stereocenters. The zero-order valence-electron chi connectivity index (χ0n) is 12.2. The van der Waals surface area contributed by atoms with Crippen molar-refractivity contribution in [1.29, 1.82) is 0 Å². The second-order valence-electron chi connectivity index (χ2n) is 4.45. The third-order valence-corrected chi connectivity index (χ3v) is 3.23. The minimum atomic E-state index is -0.516. The number of ketones is 1. The normalized spacial score (nSPS) is 11.4. The molecule has 0 saturated heterocycles. The molecule has 0 heterocycles. The van der Waals surface area contributed by atoms with Crippen molar-refractivity contribution in [2.24, 2.45) is 0 Å². The lowest BCUT2D eigenvalue weighted by atomic mass is 10.1. The van der Waals surface area contributed by atoms with Gasteiger partial charge >= 0.3 is 11.9 Å². The lowest BCUT2D eigenvalue weighted by molar-refractivity contribution is -0.140. The SMILES string of the molecule is C=CC(=O)OCCCC(=O)Oc1ccc(C(=O)C(C)I)cc1. The van der Waals surface area contributed by atoms with Crippen molar-refractivity contribution < 1.29 is 23.9 Å². The monoisotopic (exact) mass is 416 g/mol. The van der Waals surface area contributed by atoms with Crippen molar-refractivity contribution in [2.75, 3.05) is 6.61 Å². The molecule has 1 aromatic rings. The summed E-state index contributed by atoms with van der Waals surface area (Å²) in [5.41, 5.74) is 0.582. The number of hydrogen-bond donors (Lipinski definition) is 0. The van der Waals surface area contributed by atoms with Crippen LogP contribution in [-0.4, -0.2) is 28.3 Å². The van der Waals surface area contributed by atoms with Gasteiger partial charge in [0.25, 0.3) is 0 Å². The summed E-state index contributed by atoms with van der Waals surface area (Å²) in [7, 11) is 0. The quantitative estimate of drug-likeness (QED) is 0.124. The minimum Gasteiger partial charge on any atom is -0.463 e. The molecule has 0 aliphatic rings. The predicted molar refractivity (Wildman–Crippen MR) is 90.3 cm³/mol. The second kappa shape index (κ2) is 9.34. The van der Waals surface area contributed by atoms with Crippen LogP contribution < -0.4 is 4.74 Å². The summed E-state index contributed by atoms with van der Waals surface area (Å²) in [4.78, 5) is 34.2. The number of hydrogen-bond acceptors (Lipinski definition) is 5. The van der Waals surface area contributed by atoms with Crippen molar-refractivity contribution in [2.45, 2.75) is 23.7 Å². The Balaban J connectivity index is 2.40. The predicted octanol–water partition coefficient (Wildman–Crippen LogP) is 3.11. The number of Topliss-reactive ketones (excluding diaryl/α,β-unsaturated/α-hetero) is 1. The number of halogens is 1. The Morgan fingerprint density at radius 3 is 2.45 bits per heavy atom. The van der Waals surface area contributed by atoms with E-state index in [2.05, 4.69) is 6.58 Å². The van der Waals surface area contributed by atoms with Crippen LogP contribution in [0.3, 0.4) is 0 Å². The highest BCUT2D eigenvalue weighted by molar-refractivity contribution is 14.1. The van der Waals surface area contributed by atoms with Crippen molar-refractivity contribution in [1.82, 2.24) is 0 Å². The van der Waals surface area contributed by atoms with Crippen LogP contribution in [0.5, 0.6) is 5.75 Å². The van der Waals surface area contributed by atoms with E-state index in [1.807, 2.05) is 29.5 Å². The Kier molecular flexibility index (Phi) is 7.79. The summed E-state index contributed by atoms with van der Waals surface area (Å²) in [5, 5.41) is 0. The molecule has 1 aromatic carbocycles. The molecule has 0 amide bonds. The van der Waals surface area contributed by atoms with Gasteiger partial charge in [-0.2, -0.15) is 0 Å². The van der Waals surface area contributed by atoms with Crippen LogP contribution in [0.15, 0.2) is 36.9 Å². The smallest absolute Gasteiger partial charge is 0.330 e. The Hall–Kier alpha value is -1.70. The Morgan fingerprint density at radius 2 is 1.91 bits per heavy atom. The first-order valence-electron chi connectivity index (χ1n) is 6.72. The van der Waals surface area contributed by atoms with Crippen molar-refractivity contribution in [3.8, 4) is 5.75 Å². The maximum absolute atomic E-state index is 11.8. The first-order chi connectivity index (χ1) is 10.4. The van der Waals surface area contributed by atoms with Crippen LogP contribution in [-0.2, 0) is 14.3 Å². The molecule has 118 valence electrons. The fourth-order valence-corrected chi connectivity index (χ4v) is 1.91. The number of rotatable bonds is 8. The van der Waals surface area contributed by atoms with E-state index >= 15 is 0 Å². The fraction of sp³-hybridized carbons (Fsp3) is 0.312. The molecule has 0 aliphatic heterocycles. The van der Waals surface area contributed by atoms with Gasteiger partial charge in [0.1, 0.15) is 5.75 Å². The lowest BCUT2D eigenvalue weighted by Gasteiger charge is -2.06. The molecule has 5 nitrogen and oxygen atoms in total. The number of carbonyl (C=O) groups excluding carboxylic acids is 3. The van der Waals surface area contributed by atoms with Gasteiger partial charge in [-0.15, -0.1) is 0 Å². The molecule has 0 saturated carbocycles. The van der Waals surface area contributed by atoms with E-state index in [9.17, 15) is 14.4 Å². The summed E-state index contributed by atoms with van der Waals surface area (Å²) in [6, 6.07) is 6.43. The van der Waals surface area contributed by atoms with Crippen LogP contribution in [0.25, 0.3) is 0 Å². The maximum atomic E-state index is 11.8. The van der Waals surface area contributed by atoms with Gasteiger partial charge in [-0.05, 0) is 37.6 Å². The van der Waals surface area contributed by atoms with Crippen LogP contribution >= 0.6 is 22.6 Å². The molecule has 0 bridgehead atoms. The van der Waals surface area contributed by atoms with Gasteiger partial charge in [0.05, 0.1) is 10.5 Å². The molecule has 0 fully saturated rings. The molecule has 1 atom stereocenters. The highest BCUT2D eigenvalue weighted by atomic mass is 127. The van der Waals surface area contributed by atoms with E-state index in [1.165, 1.54) is 0 Å². The summed E-state index contributed by atoms with van der Waals surface area (Å²) in [6.07, 6.45) is 1.58. The van der Waals surface area contributed by atoms with Crippen molar-refractivity contribution in [3.63, 3.8) is 0 Å². The van der Waals surface area contributed by atoms with E-state index in [-0.39, 0.29) is 22.7 Å². The average Bonchev–Trinajstić information content (AvgIpc) is 2.51. The third-order valence-electron chi connectivity index (χ3n) is 2.67. The lowest BCUT2D eigenvalue weighted by Crippen LogP contribution is -2.11. The van der Waals surface area contributed by atoms with E-state index in [1.54, 1.807) is 24.3 Å². The van der Waals surface area contributed by atoms with Crippen molar-refractivity contribution >= 4 is 40.3 Å². The summed E-state index contributed by atoms with van der Waals surface area (Å²) in [6.45, 7) is 5.23. The zero-order chi connectivity index (χ0) is 16.5. The molecule has 0 aromatic heterocycles. The van der Waals surface area contributed by atoms with Gasteiger partial charge in [-0.25, -0.2) is 4.79 Å². The topological polar surface area (TPSA) is 69.7 Å². The Bertz CT molecular complexity index is 548. The zero-order valence-corrected chi connectivity index (χ0v) is 14.4. The van der Waals surface area contributed by atoms with Gasteiger partial charge < -0.3 is 9.47 Å². The summed E-state index contributed by atoms with van der Waals surface area (Å²) < 4.78 is 9.78. The third kappa shape index (κ3) is 6.38. The molecule has 0 N–H and O–H groups in total. The molecule has 0 spiro atoms. The van der Waals surface area contributed by atoms with Crippen molar-refractivity contribution in [3.05, 3.63) is 42.5 Å². The standard InChI is InChI=1S/C16H17IO5/c1-3-14(18)21-10-4-5-15(19)22-13-8-6-12(7-9-13)16(20)11(2)17/h3,6-9,11H,1,4-5,10H2,2H3. The van der Waals surface area contributed by atoms with E-state index in [0.717, 1.165) is 6.08 Å². The number of esters is 2. The highest BCUT2D eigenvalue weighted by Gasteiger charge is 2.12. The van der Waals surface area contributed by atoms with Crippen LogP contribution in [0.2, 0.25) is 0 Å². The summed E-state index contributed by atoms with van der Waals surface area (Å²) in [5.74, 6) is -0.526. The Labute approximate surface area is 142 Å². The molecule has 0 radical (unpaired) electrons. The first-order valence-corrected chi connectivity index (χ1v) is 7.97. The number of ether oxygens (including phenoxy) is 2. The average molecular weight is 416 g/mol. The first kappa shape index (κ1) is 18.3. The molecule has 22 heavy (non-hydrogen) atoms. The van der Waals surface area contributed by atoms with Gasteiger partial charge in [0.2, 0.25) is 0 Å². The van der Waals surface area contributed by atoms with Crippen LogP contribution in [0, 0.1) is 0 Å². The van der Waals surface area contributed by atoms with E-state index < -0.39 is 11.9 Å². The summed E-state index contributed by atoms with van der Waals surface area (Å²) >= 11 is 2.05. The van der Waals surface area contributed by atoms with Gasteiger partial charge in [-0.1, -0.05) is 29.2 Å². The number of alkyl halides is 1. The van der Waals surface area contributed by atoms with E-state index in [0.29, 0.717) is 17.7 Å². The molecule has 6 heteroatoms. The molecular formula is C16H17IO5. The highest BCUT2D eigenvalue weighted by Crippen LogP contribution is 2.16. The van der Waals surface area contributed by atoms with E-state index in [4.69, 9.17) is 9.47 Å². The fourth-order valence-electron chi connectivity index (χ4n) is 1.55. The molecular weight excluding hydrogens is 399 g/mol. The van der Waals surface area contributed by atoms with Crippen LogP contribution in [0.4, 0.5) is 0 Å². The molecule has 0 aliphatic carbocycles. The largest absolute Gasteiger partial charge is 0.463 e. The van der Waals surface area contributed by atoms with Gasteiger partial charge in [0.15, 0.2) is 5.78 Å². The van der Waals surface area contributed by atoms with Crippen LogP contribution in [0.1, 0.15) is 30.1 Å². The minimum absolute atomic E-state index is 0.0301. The number of carbonyl (C=O) groups is 3. The second-order valence-corrected chi connectivity index (χ2v) is 6.32. The van der Waals surface area contributed by atoms with Gasteiger partial charge in [-0.3, -0.25) is 9.59 Å². The Morgan fingerprint density at radius 1 is 1.27 bits per heavy atom. The van der Waals surface area contributed by atoms with Gasteiger partial charge in [0, 0.05) is 18.1 Å². The number of benzene rings is 1. The maximum Gasteiger partial charge on any atom is 0.330 e.